The van der Waals surface area contributed by atoms with Crippen molar-refractivity contribution in [3.8, 4) is 5.75 Å². The fourth-order valence-electron chi connectivity index (χ4n) is 2.99. The zero-order valence-electron chi connectivity index (χ0n) is 9.99. The van der Waals surface area contributed by atoms with Crippen molar-refractivity contribution >= 4 is 10.8 Å². The Balaban J connectivity index is 2.07. The summed E-state index contributed by atoms with van der Waals surface area (Å²) in [5.41, 5.74) is 1.04. The van der Waals surface area contributed by atoms with Crippen molar-refractivity contribution in [2.45, 2.75) is 38.0 Å². The largest absolute Gasteiger partial charge is 0.289 e. The number of hydrogen-bond acceptors (Lipinski definition) is 0. The predicted molar refractivity (Wildman–Crippen MR) is 69.9 cm³/mol. The summed E-state index contributed by atoms with van der Waals surface area (Å²) in [5, 5.41) is 14.4. The molecule has 0 spiro atoms. The molecule has 2 aromatic carbocycles. The summed E-state index contributed by atoms with van der Waals surface area (Å²) in [6.07, 6.45) is 6.26. The molecule has 0 heterocycles. The normalized spacial score (nSPS) is 17.4. The molecule has 2 aromatic rings. The minimum absolute atomic E-state index is 0.259. The first-order valence-electron chi connectivity index (χ1n) is 6.55. The quantitative estimate of drug-likeness (QED) is 0.648. The highest BCUT2D eigenvalue weighted by Gasteiger charge is 2.20. The lowest BCUT2D eigenvalue weighted by Crippen LogP contribution is -2.04. The lowest BCUT2D eigenvalue weighted by molar-refractivity contribution is 0.343. The molecule has 0 aromatic heterocycles. The molecule has 0 N–H and O–H groups in total. The first-order chi connectivity index (χ1) is 8.36. The Morgan fingerprint density at radius 2 is 1.65 bits per heavy atom. The molecule has 0 aliphatic heterocycles. The van der Waals surface area contributed by atoms with Crippen molar-refractivity contribution in [3.63, 3.8) is 0 Å². The Labute approximate surface area is 102 Å². The van der Waals surface area contributed by atoms with Gasteiger partial charge in [0.25, 0.3) is 0 Å². The van der Waals surface area contributed by atoms with E-state index in [-0.39, 0.29) is 5.75 Å². The Morgan fingerprint density at radius 1 is 0.882 bits per heavy atom. The second kappa shape index (κ2) is 4.40. The summed E-state index contributed by atoms with van der Waals surface area (Å²) < 4.78 is 0. The Morgan fingerprint density at radius 3 is 2.47 bits per heavy atom. The fourth-order valence-corrected chi connectivity index (χ4v) is 2.99. The van der Waals surface area contributed by atoms with Crippen LogP contribution in [-0.2, 0) is 5.11 Å². The van der Waals surface area contributed by atoms with Crippen LogP contribution in [0.25, 0.3) is 10.8 Å². The first-order valence-corrected chi connectivity index (χ1v) is 6.55. The molecular formula is C16H17O. The van der Waals surface area contributed by atoms with Crippen LogP contribution in [0.1, 0.15) is 43.6 Å². The van der Waals surface area contributed by atoms with E-state index < -0.39 is 0 Å². The van der Waals surface area contributed by atoms with Gasteiger partial charge in [0.05, 0.1) is 0 Å². The fraction of sp³-hybridized carbons (Fsp3) is 0.375. The highest BCUT2D eigenvalue weighted by molar-refractivity contribution is 5.89. The van der Waals surface area contributed by atoms with Crippen LogP contribution in [0.2, 0.25) is 0 Å². The van der Waals surface area contributed by atoms with E-state index in [1.807, 2.05) is 24.3 Å². The van der Waals surface area contributed by atoms with Gasteiger partial charge in [-0.25, -0.2) is 0 Å². The van der Waals surface area contributed by atoms with E-state index in [1.54, 1.807) is 0 Å². The monoisotopic (exact) mass is 225 g/mol. The van der Waals surface area contributed by atoms with Crippen LogP contribution in [0.5, 0.6) is 5.75 Å². The molecule has 17 heavy (non-hydrogen) atoms. The van der Waals surface area contributed by atoms with E-state index in [0.717, 1.165) is 16.3 Å². The molecule has 0 atom stereocenters. The van der Waals surface area contributed by atoms with Crippen LogP contribution in [-0.4, -0.2) is 0 Å². The van der Waals surface area contributed by atoms with E-state index in [2.05, 4.69) is 12.1 Å². The second-order valence-electron chi connectivity index (χ2n) is 5.04. The summed E-state index contributed by atoms with van der Waals surface area (Å²) in [7, 11) is 0. The molecule has 1 fully saturated rings. The van der Waals surface area contributed by atoms with Crippen LogP contribution < -0.4 is 0 Å². The third-order valence-electron chi connectivity index (χ3n) is 3.96. The zero-order valence-corrected chi connectivity index (χ0v) is 9.99. The topological polar surface area (TPSA) is 19.9 Å². The highest BCUT2D eigenvalue weighted by Crippen LogP contribution is 2.40. The molecular weight excluding hydrogens is 208 g/mol. The summed E-state index contributed by atoms with van der Waals surface area (Å²) in [6.45, 7) is 0. The van der Waals surface area contributed by atoms with Crippen molar-refractivity contribution in [1.82, 2.24) is 0 Å². The van der Waals surface area contributed by atoms with E-state index in [9.17, 15) is 5.11 Å². The molecule has 1 radical (unpaired) electrons. The summed E-state index contributed by atoms with van der Waals surface area (Å²) in [6, 6.07) is 12.1. The first kappa shape index (κ1) is 10.6. The van der Waals surface area contributed by atoms with Gasteiger partial charge in [0.15, 0.2) is 5.75 Å². The molecule has 1 nitrogen and oxygen atoms in total. The molecule has 1 saturated carbocycles. The van der Waals surface area contributed by atoms with Crippen LogP contribution >= 0.6 is 0 Å². The lowest BCUT2D eigenvalue weighted by Gasteiger charge is -2.22. The van der Waals surface area contributed by atoms with Gasteiger partial charge in [0.2, 0.25) is 0 Å². The maximum absolute atomic E-state index is 12.4. The van der Waals surface area contributed by atoms with Gasteiger partial charge >= 0.3 is 0 Å². The van der Waals surface area contributed by atoms with E-state index >= 15 is 0 Å². The molecule has 3 rings (SSSR count). The number of hydrogen-bond donors (Lipinski definition) is 0. The summed E-state index contributed by atoms with van der Waals surface area (Å²) >= 11 is 0. The smallest absolute Gasteiger partial charge is 0.189 e. The van der Waals surface area contributed by atoms with Crippen molar-refractivity contribution in [1.29, 1.82) is 0 Å². The van der Waals surface area contributed by atoms with Gasteiger partial charge in [-0.15, -0.1) is 0 Å². The van der Waals surface area contributed by atoms with Crippen molar-refractivity contribution in [3.05, 3.63) is 42.0 Å². The van der Waals surface area contributed by atoms with Crippen LogP contribution in [0.15, 0.2) is 36.4 Å². The number of benzene rings is 2. The molecule has 1 aliphatic carbocycles. The van der Waals surface area contributed by atoms with Crippen molar-refractivity contribution in [2.24, 2.45) is 0 Å². The van der Waals surface area contributed by atoms with Crippen LogP contribution in [0, 0.1) is 0 Å². The maximum Gasteiger partial charge on any atom is 0.189 e. The minimum atomic E-state index is 0.259. The summed E-state index contributed by atoms with van der Waals surface area (Å²) in [4.78, 5) is 0. The zero-order chi connectivity index (χ0) is 11.7. The maximum atomic E-state index is 12.4. The third-order valence-corrected chi connectivity index (χ3v) is 3.96. The van der Waals surface area contributed by atoms with Gasteiger partial charge in [0.1, 0.15) is 0 Å². The molecule has 87 valence electrons. The Bertz CT molecular complexity index is 524. The predicted octanol–water partition coefficient (Wildman–Crippen LogP) is 5.03. The molecule has 0 bridgehead atoms. The van der Waals surface area contributed by atoms with E-state index in [0.29, 0.717) is 5.92 Å². The van der Waals surface area contributed by atoms with Crippen LogP contribution in [0.3, 0.4) is 0 Å². The standard InChI is InChI=1S/C16H17O/c17-16-14-9-5-4-8-13(14)10-11-15(16)12-6-2-1-3-7-12/h4-5,8-12H,1-3,6-7H2. The van der Waals surface area contributed by atoms with Crippen LogP contribution in [0.4, 0.5) is 0 Å². The van der Waals surface area contributed by atoms with Gasteiger partial charge in [-0.05, 0) is 24.1 Å². The SMILES string of the molecule is [O]c1c(C2CCCCC2)ccc2ccccc12. The van der Waals surface area contributed by atoms with Crippen molar-refractivity contribution in [2.75, 3.05) is 0 Å². The molecule has 0 unspecified atom stereocenters. The third kappa shape index (κ3) is 1.90. The lowest BCUT2D eigenvalue weighted by atomic mass is 9.83. The highest BCUT2D eigenvalue weighted by atomic mass is 16.3. The average molecular weight is 225 g/mol. The Kier molecular flexibility index (Phi) is 2.76. The molecule has 0 saturated heterocycles. The minimum Gasteiger partial charge on any atom is -0.289 e. The number of rotatable bonds is 1. The van der Waals surface area contributed by atoms with E-state index in [4.69, 9.17) is 0 Å². The average Bonchev–Trinajstić information content (AvgIpc) is 2.40. The molecule has 0 amide bonds. The van der Waals surface area contributed by atoms with E-state index in [1.165, 1.54) is 32.1 Å². The summed E-state index contributed by atoms with van der Waals surface area (Å²) in [5.74, 6) is 0.760. The molecule has 1 heteroatoms. The van der Waals surface area contributed by atoms with Crippen molar-refractivity contribution < 1.29 is 5.11 Å². The van der Waals surface area contributed by atoms with Gasteiger partial charge < -0.3 is 0 Å². The van der Waals surface area contributed by atoms with Gasteiger partial charge in [-0.2, -0.15) is 0 Å². The van der Waals surface area contributed by atoms with Gasteiger partial charge in [-0.3, -0.25) is 5.11 Å². The van der Waals surface area contributed by atoms with Gasteiger partial charge in [-0.1, -0.05) is 55.7 Å². The van der Waals surface area contributed by atoms with Gasteiger partial charge in [0, 0.05) is 10.9 Å². The number of fused-ring (bicyclic) bond motifs is 1. The molecule has 1 aliphatic rings. The second-order valence-corrected chi connectivity index (χ2v) is 5.04. The Hall–Kier alpha value is -1.50.